The SMILES string of the molecule is Cn1nc(NC(=O)C2(C(F)(F)F)CC2)c(C2CCC2)c1-c1cccc(F)c1. The van der Waals surface area contributed by atoms with E-state index < -0.39 is 23.3 Å². The Kier molecular flexibility index (Phi) is 4.05. The Morgan fingerprint density at radius 1 is 1.30 bits per heavy atom. The van der Waals surface area contributed by atoms with Crippen LogP contribution in [0.4, 0.5) is 23.4 Å². The van der Waals surface area contributed by atoms with E-state index in [1.54, 1.807) is 19.2 Å². The van der Waals surface area contributed by atoms with Gasteiger partial charge in [0.25, 0.3) is 0 Å². The van der Waals surface area contributed by atoms with Crippen molar-refractivity contribution >= 4 is 11.7 Å². The van der Waals surface area contributed by atoms with Gasteiger partial charge in [0, 0.05) is 18.2 Å². The maximum absolute atomic E-state index is 13.7. The average molecular weight is 381 g/mol. The lowest BCUT2D eigenvalue weighted by atomic mass is 9.78. The van der Waals surface area contributed by atoms with Crippen molar-refractivity contribution in [2.75, 3.05) is 5.32 Å². The molecule has 2 aliphatic rings. The first-order valence-corrected chi connectivity index (χ1v) is 8.94. The van der Waals surface area contributed by atoms with Crippen molar-refractivity contribution < 1.29 is 22.4 Å². The van der Waals surface area contributed by atoms with Crippen molar-refractivity contribution in [3.05, 3.63) is 35.6 Å². The van der Waals surface area contributed by atoms with E-state index in [1.165, 1.54) is 16.8 Å². The Morgan fingerprint density at radius 3 is 2.52 bits per heavy atom. The van der Waals surface area contributed by atoms with E-state index >= 15 is 0 Å². The maximum Gasteiger partial charge on any atom is 0.403 e. The van der Waals surface area contributed by atoms with Gasteiger partial charge >= 0.3 is 6.18 Å². The summed E-state index contributed by atoms with van der Waals surface area (Å²) in [7, 11) is 1.65. The molecule has 1 amide bonds. The van der Waals surface area contributed by atoms with Gasteiger partial charge in [0.15, 0.2) is 5.82 Å². The normalized spacial score (nSPS) is 18.9. The summed E-state index contributed by atoms with van der Waals surface area (Å²) >= 11 is 0. The van der Waals surface area contributed by atoms with Gasteiger partial charge in [-0.1, -0.05) is 18.6 Å². The van der Waals surface area contributed by atoms with Crippen molar-refractivity contribution in [3.63, 3.8) is 0 Å². The van der Waals surface area contributed by atoms with Gasteiger partial charge < -0.3 is 5.32 Å². The summed E-state index contributed by atoms with van der Waals surface area (Å²) in [4.78, 5) is 12.4. The van der Waals surface area contributed by atoms with Crippen LogP contribution in [0.1, 0.15) is 43.6 Å². The number of carbonyl (C=O) groups excluding carboxylic acids is 1. The van der Waals surface area contributed by atoms with Crippen LogP contribution in [0.15, 0.2) is 24.3 Å². The molecule has 0 aliphatic heterocycles. The Labute approximate surface area is 153 Å². The molecular weight excluding hydrogens is 362 g/mol. The van der Waals surface area contributed by atoms with Crippen LogP contribution in [0.2, 0.25) is 0 Å². The second-order valence-corrected chi connectivity index (χ2v) is 7.41. The molecule has 0 radical (unpaired) electrons. The van der Waals surface area contributed by atoms with Crippen LogP contribution in [0, 0.1) is 11.2 Å². The molecule has 1 aromatic carbocycles. The molecule has 2 fully saturated rings. The summed E-state index contributed by atoms with van der Waals surface area (Å²) in [5.41, 5.74) is -0.392. The lowest BCUT2D eigenvalue weighted by Gasteiger charge is -2.27. The second-order valence-electron chi connectivity index (χ2n) is 7.41. The van der Waals surface area contributed by atoms with E-state index in [1.807, 2.05) is 0 Å². The number of benzene rings is 1. The number of nitrogens with one attached hydrogen (secondary N) is 1. The average Bonchev–Trinajstić information content (AvgIpc) is 3.28. The third kappa shape index (κ3) is 2.91. The number of aryl methyl sites for hydroxylation is 1. The quantitative estimate of drug-likeness (QED) is 0.775. The number of hydrogen-bond donors (Lipinski definition) is 1. The minimum atomic E-state index is -4.58. The molecule has 2 aliphatic carbocycles. The Morgan fingerprint density at radius 2 is 2.00 bits per heavy atom. The minimum absolute atomic E-state index is 0.0910. The molecule has 0 unspecified atom stereocenters. The highest BCUT2D eigenvalue weighted by Gasteiger charge is 2.68. The number of carbonyl (C=O) groups is 1. The van der Waals surface area contributed by atoms with Crippen LogP contribution >= 0.6 is 0 Å². The van der Waals surface area contributed by atoms with Crippen molar-refractivity contribution in [1.29, 1.82) is 0 Å². The zero-order valence-corrected chi connectivity index (χ0v) is 14.7. The summed E-state index contributed by atoms with van der Waals surface area (Å²) in [6.07, 6.45) is -2.26. The van der Waals surface area contributed by atoms with Crippen LogP contribution in [0.5, 0.6) is 0 Å². The number of aromatic nitrogens is 2. The number of amides is 1. The van der Waals surface area contributed by atoms with Gasteiger partial charge in [-0.3, -0.25) is 9.48 Å². The number of nitrogens with zero attached hydrogens (tertiary/aromatic N) is 2. The Bertz CT molecular complexity index is 895. The van der Waals surface area contributed by atoms with E-state index in [9.17, 15) is 22.4 Å². The monoisotopic (exact) mass is 381 g/mol. The molecule has 1 heterocycles. The highest BCUT2D eigenvalue weighted by molar-refractivity contribution is 5.98. The maximum atomic E-state index is 13.7. The molecule has 2 saturated carbocycles. The summed E-state index contributed by atoms with van der Waals surface area (Å²) in [6.45, 7) is 0. The first-order valence-electron chi connectivity index (χ1n) is 8.94. The van der Waals surface area contributed by atoms with Crippen molar-refractivity contribution in [3.8, 4) is 11.3 Å². The number of rotatable bonds is 4. The van der Waals surface area contributed by atoms with Gasteiger partial charge in [-0.05, 0) is 43.7 Å². The third-order valence-corrected chi connectivity index (χ3v) is 5.65. The molecule has 0 saturated heterocycles. The molecule has 0 atom stereocenters. The van der Waals surface area contributed by atoms with Crippen LogP contribution in [0.3, 0.4) is 0 Å². The Balaban J connectivity index is 1.74. The van der Waals surface area contributed by atoms with Crippen molar-refractivity contribution in [2.45, 2.75) is 44.2 Å². The van der Waals surface area contributed by atoms with Crippen LogP contribution in [-0.4, -0.2) is 21.9 Å². The fourth-order valence-corrected chi connectivity index (χ4v) is 3.69. The Hall–Kier alpha value is -2.38. The largest absolute Gasteiger partial charge is 0.403 e. The van der Waals surface area contributed by atoms with Gasteiger partial charge in [-0.2, -0.15) is 18.3 Å². The van der Waals surface area contributed by atoms with E-state index in [2.05, 4.69) is 10.4 Å². The fraction of sp³-hybridized carbons (Fsp3) is 0.474. The van der Waals surface area contributed by atoms with E-state index in [-0.39, 0.29) is 24.6 Å². The minimum Gasteiger partial charge on any atom is -0.308 e. The van der Waals surface area contributed by atoms with Crippen molar-refractivity contribution in [2.24, 2.45) is 12.5 Å². The molecule has 4 rings (SSSR count). The number of hydrogen-bond acceptors (Lipinski definition) is 2. The summed E-state index contributed by atoms with van der Waals surface area (Å²) in [6, 6.07) is 5.99. The van der Waals surface area contributed by atoms with Crippen LogP contribution in [-0.2, 0) is 11.8 Å². The first kappa shape index (κ1) is 18.0. The smallest absolute Gasteiger partial charge is 0.308 e. The molecular formula is C19H19F4N3O. The molecule has 27 heavy (non-hydrogen) atoms. The van der Waals surface area contributed by atoms with Crippen LogP contribution in [0.25, 0.3) is 11.3 Å². The summed E-state index contributed by atoms with van der Waals surface area (Å²) in [5, 5.41) is 6.71. The number of alkyl halides is 3. The fourth-order valence-electron chi connectivity index (χ4n) is 3.69. The predicted octanol–water partition coefficient (Wildman–Crippen LogP) is 4.77. The lowest BCUT2D eigenvalue weighted by Crippen LogP contribution is -2.37. The van der Waals surface area contributed by atoms with Crippen molar-refractivity contribution in [1.82, 2.24) is 9.78 Å². The van der Waals surface area contributed by atoms with E-state index in [0.717, 1.165) is 19.3 Å². The standard InChI is InChI=1S/C19H19F4N3O/c1-26-15(12-6-3-7-13(20)10-12)14(11-4-2-5-11)16(25-26)24-17(27)18(8-9-18)19(21,22)23/h3,6-7,10-11H,2,4-5,8-9H2,1H3,(H,24,25,27). The summed E-state index contributed by atoms with van der Waals surface area (Å²) in [5.74, 6) is -1.22. The van der Waals surface area contributed by atoms with Gasteiger partial charge in [0.1, 0.15) is 11.2 Å². The summed E-state index contributed by atoms with van der Waals surface area (Å²) < 4.78 is 55.0. The van der Waals surface area contributed by atoms with Crippen LogP contribution < -0.4 is 5.32 Å². The molecule has 144 valence electrons. The second kappa shape index (κ2) is 6.07. The topological polar surface area (TPSA) is 46.9 Å². The number of anilines is 1. The molecule has 1 N–H and O–H groups in total. The molecule has 4 nitrogen and oxygen atoms in total. The zero-order chi connectivity index (χ0) is 19.4. The number of halogens is 4. The molecule has 2 aromatic rings. The predicted molar refractivity (Wildman–Crippen MR) is 91.5 cm³/mol. The molecule has 1 aromatic heterocycles. The van der Waals surface area contributed by atoms with Gasteiger partial charge in [0.2, 0.25) is 5.91 Å². The third-order valence-electron chi connectivity index (χ3n) is 5.65. The van der Waals surface area contributed by atoms with E-state index in [4.69, 9.17) is 0 Å². The van der Waals surface area contributed by atoms with Gasteiger partial charge in [-0.25, -0.2) is 4.39 Å². The first-order chi connectivity index (χ1) is 12.7. The lowest BCUT2D eigenvalue weighted by molar-refractivity contribution is -0.189. The molecule has 8 heteroatoms. The van der Waals surface area contributed by atoms with Gasteiger partial charge in [-0.15, -0.1) is 0 Å². The molecule has 0 bridgehead atoms. The zero-order valence-electron chi connectivity index (χ0n) is 14.7. The molecule has 0 spiro atoms. The highest BCUT2D eigenvalue weighted by atomic mass is 19.4. The van der Waals surface area contributed by atoms with Gasteiger partial charge in [0.05, 0.1) is 5.69 Å². The van der Waals surface area contributed by atoms with E-state index in [0.29, 0.717) is 16.8 Å². The highest BCUT2D eigenvalue weighted by Crippen LogP contribution is 2.58.